The molecule has 1 atom stereocenters. The van der Waals surface area contributed by atoms with E-state index in [9.17, 15) is 21.6 Å². The zero-order valence-corrected chi connectivity index (χ0v) is 13.2. The number of sulfone groups is 1. The lowest BCUT2D eigenvalue weighted by Gasteiger charge is -2.39. The number of hydrogen-bond donors (Lipinski definition) is 0. The van der Waals surface area contributed by atoms with Crippen LogP contribution in [0, 0.1) is 0 Å². The number of halogens is 3. The number of piperazine rings is 1. The third-order valence-electron chi connectivity index (χ3n) is 3.79. The smallest absolute Gasteiger partial charge is 0.353 e. The lowest BCUT2D eigenvalue weighted by Crippen LogP contribution is -2.54. The summed E-state index contributed by atoms with van der Waals surface area (Å²) in [6.07, 6.45) is -1.69. The summed E-state index contributed by atoms with van der Waals surface area (Å²) in [5, 5.41) is 0. The lowest BCUT2D eigenvalue weighted by molar-refractivity contribution is -0.179. The Morgan fingerprint density at radius 2 is 1.82 bits per heavy atom. The molecule has 1 aliphatic heterocycles. The molecule has 0 saturated carbocycles. The monoisotopic (exact) mass is 337 g/mol. The Kier molecular flexibility index (Phi) is 4.67. The third kappa shape index (κ3) is 3.70. The number of anilines is 1. The first-order valence-electron chi connectivity index (χ1n) is 6.81. The molecule has 0 radical (unpaired) electrons. The van der Waals surface area contributed by atoms with Crippen molar-refractivity contribution in [3.8, 4) is 0 Å². The Balaban J connectivity index is 2.14. The fourth-order valence-electron chi connectivity index (χ4n) is 2.44. The van der Waals surface area contributed by atoms with Gasteiger partial charge in [-0.25, -0.2) is 13.4 Å². The van der Waals surface area contributed by atoms with Crippen LogP contribution in [0.1, 0.15) is 6.92 Å². The molecule has 2 heterocycles. The molecule has 124 valence electrons. The van der Waals surface area contributed by atoms with Crippen LogP contribution in [0.5, 0.6) is 0 Å². The molecule has 0 aliphatic carbocycles. The Bertz CT molecular complexity index is 626. The number of hydrogen-bond acceptors (Lipinski definition) is 5. The van der Waals surface area contributed by atoms with E-state index in [1.807, 2.05) is 0 Å². The molecule has 1 fully saturated rings. The van der Waals surface area contributed by atoms with Crippen molar-refractivity contribution < 1.29 is 21.6 Å². The molecule has 1 aromatic heterocycles. The summed E-state index contributed by atoms with van der Waals surface area (Å²) in [5.74, 6) is 0.310. The third-order valence-corrected chi connectivity index (χ3v) is 4.90. The predicted molar refractivity (Wildman–Crippen MR) is 76.6 cm³/mol. The fraction of sp³-hybridized carbons (Fsp3) is 0.615. The minimum absolute atomic E-state index is 0.104. The van der Waals surface area contributed by atoms with E-state index in [0.717, 1.165) is 13.2 Å². The first kappa shape index (κ1) is 17.0. The van der Waals surface area contributed by atoms with Crippen molar-refractivity contribution in [2.24, 2.45) is 0 Å². The summed E-state index contributed by atoms with van der Waals surface area (Å²) >= 11 is 0. The fourth-order valence-corrected chi connectivity index (χ4v) is 3.28. The van der Waals surface area contributed by atoms with Gasteiger partial charge in [0.05, 0.1) is 0 Å². The number of nitrogens with zero attached hydrogens (tertiary/aromatic N) is 3. The van der Waals surface area contributed by atoms with Crippen LogP contribution < -0.4 is 4.90 Å². The summed E-state index contributed by atoms with van der Waals surface area (Å²) < 4.78 is 61.7. The highest BCUT2D eigenvalue weighted by Gasteiger charge is 2.41. The Hall–Kier alpha value is -1.35. The quantitative estimate of drug-likeness (QED) is 0.838. The molecular formula is C13H18F3N3O2S. The van der Waals surface area contributed by atoms with Crippen molar-refractivity contribution in [2.45, 2.75) is 24.0 Å². The van der Waals surface area contributed by atoms with Gasteiger partial charge < -0.3 is 4.90 Å². The Labute approximate surface area is 127 Å². The second-order valence-electron chi connectivity index (χ2n) is 5.34. The number of rotatable bonds is 3. The van der Waals surface area contributed by atoms with Gasteiger partial charge in [0, 0.05) is 38.6 Å². The summed E-state index contributed by atoms with van der Waals surface area (Å²) in [6, 6.07) is 1.48. The predicted octanol–water partition coefficient (Wildman–Crippen LogP) is 1.56. The van der Waals surface area contributed by atoms with E-state index in [4.69, 9.17) is 0 Å². The van der Waals surface area contributed by atoms with Crippen LogP contribution in [0.4, 0.5) is 19.0 Å². The van der Waals surface area contributed by atoms with Crippen molar-refractivity contribution >= 4 is 15.7 Å². The first-order valence-corrected chi connectivity index (χ1v) is 8.70. The van der Waals surface area contributed by atoms with Gasteiger partial charge in [0.1, 0.15) is 16.8 Å². The number of alkyl halides is 3. The van der Waals surface area contributed by atoms with Crippen LogP contribution in [0.2, 0.25) is 0 Å². The van der Waals surface area contributed by atoms with Gasteiger partial charge in [-0.15, -0.1) is 0 Å². The summed E-state index contributed by atoms with van der Waals surface area (Å²) in [5.41, 5.74) is 0. The van der Waals surface area contributed by atoms with Gasteiger partial charge in [-0.1, -0.05) is 0 Å². The van der Waals surface area contributed by atoms with Crippen LogP contribution in [-0.4, -0.2) is 63.0 Å². The highest BCUT2D eigenvalue weighted by atomic mass is 32.2. The molecular weight excluding hydrogens is 319 g/mol. The highest BCUT2D eigenvalue weighted by Crippen LogP contribution is 2.27. The zero-order valence-electron chi connectivity index (χ0n) is 12.3. The van der Waals surface area contributed by atoms with E-state index >= 15 is 0 Å². The SMILES string of the molecule is CC(N1CCN(c2ncccc2S(C)(=O)=O)CC1)C(F)(F)F. The van der Waals surface area contributed by atoms with Crippen molar-refractivity contribution in [1.82, 2.24) is 9.88 Å². The van der Waals surface area contributed by atoms with Crippen LogP contribution in [-0.2, 0) is 9.84 Å². The summed E-state index contributed by atoms with van der Waals surface area (Å²) in [7, 11) is -3.43. The summed E-state index contributed by atoms with van der Waals surface area (Å²) in [6.45, 7) is 2.17. The molecule has 5 nitrogen and oxygen atoms in total. The van der Waals surface area contributed by atoms with Gasteiger partial charge in [0.2, 0.25) is 0 Å². The molecule has 1 aliphatic rings. The molecule has 0 N–H and O–H groups in total. The first-order chi connectivity index (χ1) is 10.1. The minimum Gasteiger partial charge on any atom is -0.353 e. The van der Waals surface area contributed by atoms with Gasteiger partial charge in [0.25, 0.3) is 0 Å². The van der Waals surface area contributed by atoms with E-state index in [1.165, 1.54) is 23.2 Å². The van der Waals surface area contributed by atoms with Gasteiger partial charge in [-0.05, 0) is 19.1 Å². The molecule has 9 heteroatoms. The normalized spacial score (nSPS) is 19.2. The average Bonchev–Trinajstić information content (AvgIpc) is 2.45. The maximum Gasteiger partial charge on any atom is 0.403 e. The van der Waals surface area contributed by atoms with E-state index in [-0.39, 0.29) is 18.0 Å². The van der Waals surface area contributed by atoms with Crippen molar-refractivity contribution in [3.63, 3.8) is 0 Å². The van der Waals surface area contributed by atoms with E-state index < -0.39 is 22.1 Å². The highest BCUT2D eigenvalue weighted by molar-refractivity contribution is 7.90. The molecule has 1 aromatic rings. The van der Waals surface area contributed by atoms with Gasteiger partial charge in [-0.3, -0.25) is 4.90 Å². The summed E-state index contributed by atoms with van der Waals surface area (Å²) in [4.78, 5) is 7.26. The maximum absolute atomic E-state index is 12.7. The van der Waals surface area contributed by atoms with Crippen molar-refractivity contribution in [1.29, 1.82) is 0 Å². The molecule has 0 amide bonds. The minimum atomic E-state index is -4.26. The molecule has 0 aromatic carbocycles. The second-order valence-corrected chi connectivity index (χ2v) is 7.32. The largest absolute Gasteiger partial charge is 0.403 e. The van der Waals surface area contributed by atoms with Crippen LogP contribution in [0.15, 0.2) is 23.2 Å². The van der Waals surface area contributed by atoms with E-state index in [1.54, 1.807) is 4.90 Å². The lowest BCUT2D eigenvalue weighted by atomic mass is 10.2. The molecule has 2 rings (SSSR count). The van der Waals surface area contributed by atoms with Crippen molar-refractivity contribution in [3.05, 3.63) is 18.3 Å². The Morgan fingerprint density at radius 3 is 2.32 bits per heavy atom. The molecule has 1 unspecified atom stereocenters. The van der Waals surface area contributed by atoms with E-state index in [2.05, 4.69) is 4.98 Å². The Morgan fingerprint density at radius 1 is 1.23 bits per heavy atom. The van der Waals surface area contributed by atoms with E-state index in [0.29, 0.717) is 18.9 Å². The van der Waals surface area contributed by atoms with Crippen LogP contribution in [0.3, 0.4) is 0 Å². The van der Waals surface area contributed by atoms with Gasteiger partial charge >= 0.3 is 6.18 Å². The molecule has 1 saturated heterocycles. The van der Waals surface area contributed by atoms with Crippen LogP contribution >= 0.6 is 0 Å². The molecule has 0 bridgehead atoms. The number of pyridine rings is 1. The van der Waals surface area contributed by atoms with Crippen molar-refractivity contribution in [2.75, 3.05) is 37.3 Å². The van der Waals surface area contributed by atoms with Crippen LogP contribution in [0.25, 0.3) is 0 Å². The van der Waals surface area contributed by atoms with Gasteiger partial charge in [-0.2, -0.15) is 13.2 Å². The van der Waals surface area contributed by atoms with Gasteiger partial charge in [0.15, 0.2) is 9.84 Å². The molecule has 22 heavy (non-hydrogen) atoms. The molecule has 0 spiro atoms. The number of aromatic nitrogens is 1. The standard InChI is InChI=1S/C13H18F3N3O2S/c1-10(13(14,15)16)18-6-8-19(9-7-18)12-11(22(2,20)21)4-3-5-17-12/h3-5,10H,6-9H2,1-2H3. The average molecular weight is 337 g/mol. The maximum atomic E-state index is 12.7. The second kappa shape index (κ2) is 6.04. The zero-order chi connectivity index (χ0) is 16.5. The topological polar surface area (TPSA) is 53.5 Å².